The van der Waals surface area contributed by atoms with Gasteiger partial charge < -0.3 is 4.74 Å². The van der Waals surface area contributed by atoms with Crippen LogP contribution in [0.1, 0.15) is 28.8 Å². The van der Waals surface area contributed by atoms with Gasteiger partial charge in [-0.15, -0.1) is 0 Å². The fourth-order valence-electron chi connectivity index (χ4n) is 2.94. The zero-order chi connectivity index (χ0) is 18.6. The summed E-state index contributed by atoms with van der Waals surface area (Å²) < 4.78 is 32.5. The quantitative estimate of drug-likeness (QED) is 0.577. The molecule has 0 amide bonds. The van der Waals surface area contributed by atoms with Crippen LogP contribution in [0.5, 0.6) is 5.75 Å². The van der Waals surface area contributed by atoms with Crippen LogP contribution >= 0.6 is 0 Å². The van der Waals surface area contributed by atoms with E-state index in [1.165, 1.54) is 17.5 Å². The van der Waals surface area contributed by atoms with Gasteiger partial charge in [0, 0.05) is 18.7 Å². The summed E-state index contributed by atoms with van der Waals surface area (Å²) in [5.41, 5.74) is 1.22. The SMILES string of the molecule is COc1ccc(/C=C/C(=O)c2ccccc2)cc1S(=O)(=O)N1CCCC1. The third kappa shape index (κ3) is 3.86. The maximum absolute atomic E-state index is 12.9. The lowest BCUT2D eigenvalue weighted by Crippen LogP contribution is -2.28. The van der Waals surface area contributed by atoms with Crippen LogP contribution in [0, 0.1) is 0 Å². The second-order valence-corrected chi connectivity index (χ2v) is 7.99. The summed E-state index contributed by atoms with van der Waals surface area (Å²) in [6.45, 7) is 1.05. The van der Waals surface area contributed by atoms with Crippen molar-refractivity contribution in [2.24, 2.45) is 0 Å². The molecule has 0 N–H and O–H groups in total. The molecule has 5 nitrogen and oxygen atoms in total. The average molecular weight is 371 g/mol. The highest BCUT2D eigenvalue weighted by Gasteiger charge is 2.30. The van der Waals surface area contributed by atoms with E-state index in [0.29, 0.717) is 30.0 Å². The van der Waals surface area contributed by atoms with Crippen LogP contribution in [0.2, 0.25) is 0 Å². The van der Waals surface area contributed by atoms with E-state index < -0.39 is 10.0 Å². The summed E-state index contributed by atoms with van der Waals surface area (Å²) in [5.74, 6) is 0.175. The Morgan fingerprint density at radius 3 is 2.42 bits per heavy atom. The summed E-state index contributed by atoms with van der Waals surface area (Å²) in [6, 6.07) is 13.8. The van der Waals surface area contributed by atoms with Gasteiger partial charge in [-0.1, -0.05) is 42.5 Å². The molecular weight excluding hydrogens is 350 g/mol. The normalized spacial score (nSPS) is 15.4. The molecule has 26 heavy (non-hydrogen) atoms. The lowest BCUT2D eigenvalue weighted by atomic mass is 10.1. The highest BCUT2D eigenvalue weighted by atomic mass is 32.2. The highest BCUT2D eigenvalue weighted by molar-refractivity contribution is 7.89. The van der Waals surface area contributed by atoms with Crippen LogP contribution in [0.4, 0.5) is 0 Å². The lowest BCUT2D eigenvalue weighted by molar-refractivity contribution is 0.104. The number of hydrogen-bond donors (Lipinski definition) is 0. The van der Waals surface area contributed by atoms with Crippen LogP contribution in [0.25, 0.3) is 6.08 Å². The Morgan fingerprint density at radius 2 is 1.77 bits per heavy atom. The van der Waals surface area contributed by atoms with E-state index in [9.17, 15) is 13.2 Å². The molecule has 2 aromatic carbocycles. The molecule has 1 saturated heterocycles. The van der Waals surface area contributed by atoms with Gasteiger partial charge in [0.25, 0.3) is 0 Å². The van der Waals surface area contributed by atoms with Crippen LogP contribution in [0.3, 0.4) is 0 Å². The van der Waals surface area contributed by atoms with Crippen molar-refractivity contribution in [1.29, 1.82) is 0 Å². The lowest BCUT2D eigenvalue weighted by Gasteiger charge is -2.18. The highest BCUT2D eigenvalue weighted by Crippen LogP contribution is 2.30. The molecule has 0 aliphatic carbocycles. The molecule has 136 valence electrons. The molecule has 1 fully saturated rings. The number of hydrogen-bond acceptors (Lipinski definition) is 4. The van der Waals surface area contributed by atoms with Gasteiger partial charge in [-0.25, -0.2) is 8.42 Å². The van der Waals surface area contributed by atoms with E-state index in [-0.39, 0.29) is 10.7 Å². The van der Waals surface area contributed by atoms with Crippen LogP contribution < -0.4 is 4.74 Å². The maximum atomic E-state index is 12.9. The van der Waals surface area contributed by atoms with Gasteiger partial charge >= 0.3 is 0 Å². The van der Waals surface area contributed by atoms with Crippen molar-refractivity contribution in [3.63, 3.8) is 0 Å². The minimum absolute atomic E-state index is 0.134. The molecule has 1 aliphatic rings. The van der Waals surface area contributed by atoms with Crippen molar-refractivity contribution in [2.75, 3.05) is 20.2 Å². The van der Waals surface area contributed by atoms with E-state index >= 15 is 0 Å². The van der Waals surface area contributed by atoms with Gasteiger partial charge in [-0.05, 0) is 36.6 Å². The van der Waals surface area contributed by atoms with E-state index in [1.807, 2.05) is 6.07 Å². The van der Waals surface area contributed by atoms with Gasteiger partial charge in [-0.2, -0.15) is 4.31 Å². The van der Waals surface area contributed by atoms with E-state index in [0.717, 1.165) is 12.8 Å². The van der Waals surface area contributed by atoms with Crippen molar-refractivity contribution in [3.8, 4) is 5.75 Å². The molecule has 1 aliphatic heterocycles. The Hall–Kier alpha value is -2.44. The monoisotopic (exact) mass is 371 g/mol. The number of nitrogens with zero attached hydrogens (tertiary/aromatic N) is 1. The molecule has 0 aromatic heterocycles. The van der Waals surface area contributed by atoms with Crippen molar-refractivity contribution in [1.82, 2.24) is 4.31 Å². The molecule has 0 saturated carbocycles. The van der Waals surface area contributed by atoms with Crippen LogP contribution in [0.15, 0.2) is 59.5 Å². The van der Waals surface area contributed by atoms with E-state index in [2.05, 4.69) is 0 Å². The molecule has 0 radical (unpaired) electrons. The Labute approximate surface area is 154 Å². The Kier molecular flexibility index (Phi) is 5.54. The van der Waals surface area contributed by atoms with Crippen molar-refractivity contribution in [2.45, 2.75) is 17.7 Å². The summed E-state index contributed by atoms with van der Waals surface area (Å²) in [6.07, 6.45) is 4.81. The summed E-state index contributed by atoms with van der Waals surface area (Å²) in [5, 5.41) is 0. The fourth-order valence-corrected chi connectivity index (χ4v) is 4.64. The first-order chi connectivity index (χ1) is 12.5. The van der Waals surface area contributed by atoms with Crippen LogP contribution in [-0.2, 0) is 10.0 Å². The number of benzene rings is 2. The van der Waals surface area contributed by atoms with Gasteiger partial charge in [0.2, 0.25) is 10.0 Å². The first-order valence-electron chi connectivity index (χ1n) is 8.48. The van der Waals surface area contributed by atoms with Gasteiger partial charge in [0.1, 0.15) is 10.6 Å². The van der Waals surface area contributed by atoms with Gasteiger partial charge in [-0.3, -0.25) is 4.79 Å². The zero-order valence-corrected chi connectivity index (χ0v) is 15.4. The van der Waals surface area contributed by atoms with E-state index in [1.54, 1.807) is 48.5 Å². The molecule has 3 rings (SSSR count). The smallest absolute Gasteiger partial charge is 0.246 e. The maximum Gasteiger partial charge on any atom is 0.246 e. The fraction of sp³-hybridized carbons (Fsp3) is 0.250. The zero-order valence-electron chi connectivity index (χ0n) is 14.6. The minimum Gasteiger partial charge on any atom is -0.495 e. The number of carbonyl (C=O) groups excluding carboxylic acids is 1. The summed E-state index contributed by atoms with van der Waals surface area (Å²) >= 11 is 0. The number of carbonyl (C=O) groups is 1. The van der Waals surface area contributed by atoms with Crippen molar-refractivity contribution >= 4 is 21.9 Å². The molecule has 0 unspecified atom stereocenters. The molecule has 0 atom stereocenters. The number of ether oxygens (including phenoxy) is 1. The third-order valence-corrected chi connectivity index (χ3v) is 6.28. The Bertz CT molecular complexity index is 914. The summed E-state index contributed by atoms with van der Waals surface area (Å²) in [4.78, 5) is 12.3. The summed E-state index contributed by atoms with van der Waals surface area (Å²) in [7, 11) is -2.15. The Morgan fingerprint density at radius 1 is 1.08 bits per heavy atom. The number of ketones is 1. The second-order valence-electron chi connectivity index (χ2n) is 6.09. The molecule has 2 aromatic rings. The number of sulfonamides is 1. The van der Waals surface area contributed by atoms with Crippen molar-refractivity contribution < 1.29 is 17.9 Å². The molecule has 0 bridgehead atoms. The van der Waals surface area contributed by atoms with Crippen molar-refractivity contribution in [3.05, 3.63) is 65.7 Å². The third-order valence-electron chi connectivity index (χ3n) is 4.36. The topological polar surface area (TPSA) is 63.7 Å². The number of methoxy groups -OCH3 is 1. The van der Waals surface area contributed by atoms with Gasteiger partial charge in [0.05, 0.1) is 7.11 Å². The first kappa shape index (κ1) is 18.4. The average Bonchev–Trinajstić information content (AvgIpc) is 3.22. The minimum atomic E-state index is -3.61. The number of allylic oxidation sites excluding steroid dienone is 1. The predicted octanol–water partition coefficient (Wildman–Crippen LogP) is 3.38. The standard InChI is InChI=1S/C20H21NO4S/c1-25-19-12-10-16(9-11-18(22)17-7-3-2-4-8-17)15-20(19)26(23,24)21-13-5-6-14-21/h2-4,7-12,15H,5-6,13-14H2,1H3/b11-9+. The predicted molar refractivity (Wildman–Crippen MR) is 101 cm³/mol. The molecule has 1 heterocycles. The van der Waals surface area contributed by atoms with Crippen LogP contribution in [-0.4, -0.2) is 38.7 Å². The first-order valence-corrected chi connectivity index (χ1v) is 9.92. The molecular formula is C20H21NO4S. The second kappa shape index (κ2) is 7.85. The largest absolute Gasteiger partial charge is 0.495 e. The van der Waals surface area contributed by atoms with Gasteiger partial charge in [0.15, 0.2) is 5.78 Å². The van der Waals surface area contributed by atoms with E-state index in [4.69, 9.17) is 4.74 Å². The Balaban J connectivity index is 1.90. The molecule has 0 spiro atoms. The molecule has 6 heteroatoms. The number of rotatable bonds is 6.